The van der Waals surface area contributed by atoms with Crippen molar-refractivity contribution in [2.75, 3.05) is 0 Å². The van der Waals surface area contributed by atoms with E-state index in [0.717, 1.165) is 12.8 Å². The van der Waals surface area contributed by atoms with Crippen LogP contribution in [0.15, 0.2) is 12.2 Å². The molecule has 1 saturated carbocycles. The van der Waals surface area contributed by atoms with Crippen LogP contribution in [0.2, 0.25) is 0 Å². The minimum atomic E-state index is -0.873. The van der Waals surface area contributed by atoms with Crippen LogP contribution in [0.1, 0.15) is 19.8 Å². The average molecular weight is 194 g/mol. The van der Waals surface area contributed by atoms with Crippen LogP contribution in [0.3, 0.4) is 0 Å². The summed E-state index contributed by atoms with van der Waals surface area (Å²) in [6.45, 7) is 2.01. The number of rotatable bonds is 1. The summed E-state index contributed by atoms with van der Waals surface area (Å²) in [5, 5.41) is 9.71. The molecule has 0 aromatic carbocycles. The van der Waals surface area contributed by atoms with E-state index in [9.17, 15) is 9.90 Å². The van der Waals surface area contributed by atoms with Gasteiger partial charge in [-0.2, -0.15) is 0 Å². The van der Waals surface area contributed by atoms with E-state index in [-0.39, 0.29) is 11.9 Å². The molecule has 0 aromatic rings. The van der Waals surface area contributed by atoms with Gasteiger partial charge in [0.05, 0.1) is 5.41 Å². The summed E-state index contributed by atoms with van der Waals surface area (Å²) in [6, 6.07) is 0. The maximum Gasteiger partial charge on any atom is 0.315 e. The molecule has 1 aliphatic heterocycles. The van der Waals surface area contributed by atoms with Crippen molar-refractivity contribution in [2.24, 2.45) is 23.2 Å². The number of fused-ring (bicyclic) bond motifs is 5. The van der Waals surface area contributed by atoms with Gasteiger partial charge in [-0.15, -0.1) is 0 Å². The number of ether oxygens (including phenoxy) is 1. The van der Waals surface area contributed by atoms with E-state index in [1.165, 1.54) is 0 Å². The monoisotopic (exact) mass is 194 g/mol. The number of aliphatic hydroxyl groups excluding tert-OH is 1. The van der Waals surface area contributed by atoms with Crippen LogP contribution >= 0.6 is 0 Å². The zero-order valence-corrected chi connectivity index (χ0v) is 8.14. The van der Waals surface area contributed by atoms with Crippen molar-refractivity contribution in [2.45, 2.75) is 26.1 Å². The molecule has 0 unspecified atom stereocenters. The third-order valence-electron chi connectivity index (χ3n) is 4.33. The highest BCUT2D eigenvalue weighted by molar-refractivity contribution is 5.81. The Morgan fingerprint density at radius 3 is 3.07 bits per heavy atom. The summed E-state index contributed by atoms with van der Waals surface area (Å²) in [7, 11) is 0. The number of allylic oxidation sites excluding steroid dienone is 2. The van der Waals surface area contributed by atoms with Crippen molar-refractivity contribution in [3.63, 3.8) is 0 Å². The lowest BCUT2D eigenvalue weighted by atomic mass is 9.68. The lowest BCUT2D eigenvalue weighted by molar-refractivity contribution is -0.160. The third kappa shape index (κ3) is 0.682. The molecule has 0 spiro atoms. The Balaban J connectivity index is 2.12. The molecule has 2 aliphatic carbocycles. The fourth-order valence-corrected chi connectivity index (χ4v) is 3.69. The van der Waals surface area contributed by atoms with Crippen molar-refractivity contribution in [1.82, 2.24) is 0 Å². The molecule has 2 bridgehead atoms. The second-order valence-electron chi connectivity index (χ2n) is 4.61. The molecule has 0 amide bonds. The van der Waals surface area contributed by atoms with Gasteiger partial charge >= 0.3 is 5.97 Å². The molecular weight excluding hydrogens is 180 g/mol. The second kappa shape index (κ2) is 2.40. The minimum Gasteiger partial charge on any atom is -0.435 e. The summed E-state index contributed by atoms with van der Waals surface area (Å²) in [4.78, 5) is 11.8. The third-order valence-corrected chi connectivity index (χ3v) is 4.33. The molecular formula is C11H14O3. The highest BCUT2D eigenvalue weighted by Gasteiger charge is 2.67. The Kier molecular flexibility index (Phi) is 1.45. The average Bonchev–Trinajstić information content (AvgIpc) is 2.78. The van der Waals surface area contributed by atoms with Gasteiger partial charge in [-0.3, -0.25) is 4.79 Å². The number of hydrogen-bond acceptors (Lipinski definition) is 3. The maximum absolute atomic E-state index is 11.8. The molecule has 14 heavy (non-hydrogen) atoms. The minimum absolute atomic E-state index is 0.00926. The fourth-order valence-electron chi connectivity index (χ4n) is 3.69. The van der Waals surface area contributed by atoms with Crippen molar-refractivity contribution in [3.8, 4) is 0 Å². The van der Waals surface area contributed by atoms with Gasteiger partial charge in [0, 0.05) is 5.92 Å². The standard InChI is InChI=1S/C11H14O3/c1-2-11-7-4-3-6(5-7)8(11)9(12)14-10(11)13/h3-4,6-9,12H,2,5H2,1H3/t6-,7+,8+,9-,11+/m0/s1. The Labute approximate surface area is 82.8 Å². The van der Waals surface area contributed by atoms with Gasteiger partial charge in [0.2, 0.25) is 6.29 Å². The lowest BCUT2D eigenvalue weighted by Gasteiger charge is -2.31. The Morgan fingerprint density at radius 1 is 1.64 bits per heavy atom. The van der Waals surface area contributed by atoms with Gasteiger partial charge in [0.25, 0.3) is 0 Å². The molecule has 3 nitrogen and oxygen atoms in total. The number of hydrogen-bond donors (Lipinski definition) is 1. The predicted octanol–water partition coefficient (Wildman–Crippen LogP) is 1.08. The molecule has 3 aliphatic rings. The first-order valence-corrected chi connectivity index (χ1v) is 5.27. The van der Waals surface area contributed by atoms with Crippen molar-refractivity contribution < 1.29 is 14.6 Å². The van der Waals surface area contributed by atoms with Crippen LogP contribution < -0.4 is 0 Å². The normalized spacial score (nSPS) is 53.7. The first-order chi connectivity index (χ1) is 6.70. The van der Waals surface area contributed by atoms with Gasteiger partial charge in [-0.1, -0.05) is 19.1 Å². The number of carbonyl (C=O) groups is 1. The molecule has 76 valence electrons. The van der Waals surface area contributed by atoms with E-state index in [4.69, 9.17) is 4.74 Å². The Morgan fingerprint density at radius 2 is 2.43 bits per heavy atom. The van der Waals surface area contributed by atoms with Crippen LogP contribution in [-0.4, -0.2) is 17.4 Å². The van der Waals surface area contributed by atoms with E-state index in [1.807, 2.05) is 6.92 Å². The summed E-state index contributed by atoms with van der Waals surface area (Å²) in [5.74, 6) is 0.470. The summed E-state index contributed by atoms with van der Waals surface area (Å²) >= 11 is 0. The SMILES string of the molecule is CC[C@]12C(=O)O[C@H](O)[C@H]1[C@H]1C=C[C@@H]2C1. The highest BCUT2D eigenvalue weighted by atomic mass is 16.6. The van der Waals surface area contributed by atoms with Crippen LogP contribution in [0.25, 0.3) is 0 Å². The van der Waals surface area contributed by atoms with Gasteiger partial charge in [-0.25, -0.2) is 0 Å². The van der Waals surface area contributed by atoms with Gasteiger partial charge in [0.15, 0.2) is 0 Å². The van der Waals surface area contributed by atoms with E-state index in [2.05, 4.69) is 12.2 Å². The number of esters is 1. The molecule has 1 saturated heterocycles. The lowest BCUT2D eigenvalue weighted by Crippen LogP contribution is -2.37. The highest BCUT2D eigenvalue weighted by Crippen LogP contribution is 2.62. The Hall–Kier alpha value is -0.830. The van der Waals surface area contributed by atoms with Crippen molar-refractivity contribution in [1.29, 1.82) is 0 Å². The van der Waals surface area contributed by atoms with Gasteiger partial charge in [-0.05, 0) is 24.7 Å². The largest absolute Gasteiger partial charge is 0.435 e. The topological polar surface area (TPSA) is 46.5 Å². The van der Waals surface area contributed by atoms with Gasteiger partial charge < -0.3 is 9.84 Å². The van der Waals surface area contributed by atoms with E-state index >= 15 is 0 Å². The molecule has 2 fully saturated rings. The molecule has 3 heteroatoms. The van der Waals surface area contributed by atoms with Gasteiger partial charge in [0.1, 0.15) is 0 Å². The summed E-state index contributed by atoms with van der Waals surface area (Å²) in [5.41, 5.74) is -0.404. The van der Waals surface area contributed by atoms with Crippen molar-refractivity contribution >= 4 is 5.97 Å². The molecule has 1 N–H and O–H groups in total. The number of cyclic esters (lactones) is 1. The zero-order chi connectivity index (χ0) is 9.92. The second-order valence-corrected chi connectivity index (χ2v) is 4.61. The smallest absolute Gasteiger partial charge is 0.315 e. The van der Waals surface area contributed by atoms with Crippen LogP contribution in [-0.2, 0) is 9.53 Å². The molecule has 1 heterocycles. The van der Waals surface area contributed by atoms with Crippen LogP contribution in [0, 0.1) is 23.2 Å². The molecule has 0 aromatic heterocycles. The molecule has 3 rings (SSSR count). The van der Waals surface area contributed by atoms with E-state index in [0.29, 0.717) is 11.8 Å². The fraction of sp³-hybridized carbons (Fsp3) is 0.727. The molecule has 0 radical (unpaired) electrons. The van der Waals surface area contributed by atoms with E-state index < -0.39 is 11.7 Å². The van der Waals surface area contributed by atoms with Crippen LogP contribution in [0.4, 0.5) is 0 Å². The predicted molar refractivity (Wildman–Crippen MR) is 49.0 cm³/mol. The Bertz CT molecular complexity index is 322. The summed E-state index contributed by atoms with van der Waals surface area (Å²) < 4.78 is 4.98. The van der Waals surface area contributed by atoms with Crippen molar-refractivity contribution in [3.05, 3.63) is 12.2 Å². The zero-order valence-electron chi connectivity index (χ0n) is 8.14. The van der Waals surface area contributed by atoms with Crippen LogP contribution in [0.5, 0.6) is 0 Å². The first kappa shape index (κ1) is 8.48. The van der Waals surface area contributed by atoms with E-state index in [1.54, 1.807) is 0 Å². The summed E-state index contributed by atoms with van der Waals surface area (Å²) in [6.07, 6.45) is 5.18. The quantitative estimate of drug-likeness (QED) is 0.502. The molecule has 5 atom stereocenters. The number of aliphatic hydroxyl groups is 1. The number of carbonyl (C=O) groups excluding carboxylic acids is 1. The maximum atomic E-state index is 11.8. The first-order valence-electron chi connectivity index (χ1n) is 5.27.